The van der Waals surface area contributed by atoms with Crippen molar-refractivity contribution in [2.24, 2.45) is 0 Å². The first-order valence-electron chi connectivity index (χ1n) is 10.1. The van der Waals surface area contributed by atoms with Crippen LogP contribution in [0.1, 0.15) is 33.6 Å². The number of nitrogens with zero attached hydrogens (tertiary/aromatic N) is 1. The molecule has 0 saturated heterocycles. The van der Waals surface area contributed by atoms with Crippen LogP contribution in [0.2, 0.25) is 0 Å². The zero-order valence-electron chi connectivity index (χ0n) is 17.1. The molecule has 5 nitrogen and oxygen atoms in total. The number of carbonyl (C=O) groups excluding carboxylic acids is 1. The molecule has 0 saturated carbocycles. The van der Waals surface area contributed by atoms with Crippen LogP contribution in [0, 0.1) is 0 Å². The van der Waals surface area contributed by atoms with E-state index in [1.165, 1.54) is 0 Å². The predicted octanol–water partition coefficient (Wildman–Crippen LogP) is 5.33. The second-order valence-corrected chi connectivity index (χ2v) is 7.81. The van der Waals surface area contributed by atoms with Crippen molar-refractivity contribution < 1.29 is 19.0 Å². The molecule has 1 amide bonds. The predicted molar refractivity (Wildman–Crippen MR) is 126 cm³/mol. The minimum Gasteiger partial charge on any atom is -0.457 e. The quantitative estimate of drug-likeness (QED) is 0.375. The van der Waals surface area contributed by atoms with Gasteiger partial charge in [-0.1, -0.05) is 39.6 Å². The van der Waals surface area contributed by atoms with Crippen LogP contribution >= 0.6 is 9.24 Å². The van der Waals surface area contributed by atoms with Crippen LogP contribution in [-0.2, 0) is 0 Å². The Balaban J connectivity index is 1.55. The van der Waals surface area contributed by atoms with Crippen molar-refractivity contribution in [3.63, 3.8) is 0 Å². The van der Waals surface area contributed by atoms with E-state index in [2.05, 4.69) is 19.5 Å². The maximum atomic E-state index is 13.4. The Bertz CT molecular complexity index is 1220. The Morgan fingerprint density at radius 3 is 2.56 bits per heavy atom. The molecule has 1 heterocycles. The number of benzene rings is 3. The van der Waals surface area contributed by atoms with Crippen LogP contribution < -0.4 is 10.1 Å². The average molecular weight is 448 g/mol. The van der Waals surface area contributed by atoms with Crippen molar-refractivity contribution in [1.29, 1.82) is 0 Å². The third-order valence-corrected chi connectivity index (χ3v) is 5.45. The molecule has 4 aromatic rings. The molecule has 0 fully saturated rings. The van der Waals surface area contributed by atoms with Crippen LogP contribution in [0.15, 0.2) is 85.1 Å². The Morgan fingerprint density at radius 2 is 1.88 bits per heavy atom. The number of aliphatic hydroxyl groups excluding tert-OH is 1. The van der Waals surface area contributed by atoms with E-state index in [0.717, 1.165) is 10.8 Å². The molecule has 3 unspecified atom stereocenters. The van der Waals surface area contributed by atoms with Gasteiger partial charge in [0.05, 0.1) is 18.3 Å². The lowest BCUT2D eigenvalue weighted by Gasteiger charge is -2.16. The van der Waals surface area contributed by atoms with E-state index < -0.39 is 12.0 Å². The minimum absolute atomic E-state index is 0.257. The number of alkyl halides is 1. The number of ether oxygens (including phenoxy) is 1. The van der Waals surface area contributed by atoms with Gasteiger partial charge in [-0.15, -0.1) is 0 Å². The average Bonchev–Trinajstić information content (AvgIpc) is 2.83. The van der Waals surface area contributed by atoms with Gasteiger partial charge in [-0.25, -0.2) is 4.39 Å². The lowest BCUT2D eigenvalue weighted by atomic mass is 10.0. The second kappa shape index (κ2) is 9.86. The van der Waals surface area contributed by atoms with Crippen molar-refractivity contribution in [3.05, 3.63) is 102 Å². The number of aromatic nitrogens is 1. The Morgan fingerprint density at radius 1 is 1.06 bits per heavy atom. The molecule has 4 rings (SSSR count). The highest BCUT2D eigenvalue weighted by molar-refractivity contribution is 7.16. The molecule has 3 aromatic carbocycles. The summed E-state index contributed by atoms with van der Waals surface area (Å²) in [6.07, 6.45) is 1.62. The number of hydrogen-bond acceptors (Lipinski definition) is 4. The second-order valence-electron chi connectivity index (χ2n) is 7.23. The first-order chi connectivity index (χ1) is 15.5. The van der Waals surface area contributed by atoms with E-state index in [1.807, 2.05) is 24.3 Å². The van der Waals surface area contributed by atoms with Crippen molar-refractivity contribution in [2.45, 2.75) is 12.0 Å². The highest BCUT2D eigenvalue weighted by atomic mass is 31.0. The highest BCUT2D eigenvalue weighted by Gasteiger charge is 2.16. The van der Waals surface area contributed by atoms with Crippen LogP contribution in [0.4, 0.5) is 4.39 Å². The summed E-state index contributed by atoms with van der Waals surface area (Å²) in [4.78, 5) is 17.0. The zero-order chi connectivity index (χ0) is 22.5. The summed E-state index contributed by atoms with van der Waals surface area (Å²) in [6.45, 7) is -0.257. The molecule has 0 radical (unpaired) electrons. The van der Waals surface area contributed by atoms with Gasteiger partial charge in [0.1, 0.15) is 17.4 Å². The number of aliphatic hydroxyl groups is 1. The minimum atomic E-state index is -1.12. The SMILES string of the molecule is O=C(NC(CO)c1ccccn1)c1ccc2c(Oc3ccc(C(F)P)cc3)cccc2c1. The largest absolute Gasteiger partial charge is 0.457 e. The maximum absolute atomic E-state index is 13.4. The monoisotopic (exact) mass is 448 g/mol. The van der Waals surface area contributed by atoms with Gasteiger partial charge in [0.2, 0.25) is 0 Å². The fraction of sp³-hybridized carbons (Fsp3) is 0.120. The lowest BCUT2D eigenvalue weighted by Crippen LogP contribution is -2.31. The highest BCUT2D eigenvalue weighted by Crippen LogP contribution is 2.32. The van der Waals surface area contributed by atoms with Gasteiger partial charge in [-0.05, 0) is 59.5 Å². The van der Waals surface area contributed by atoms with E-state index >= 15 is 0 Å². The fourth-order valence-electron chi connectivity index (χ4n) is 3.37. The van der Waals surface area contributed by atoms with Gasteiger partial charge >= 0.3 is 0 Å². The number of nitrogens with one attached hydrogen (secondary N) is 1. The number of fused-ring (bicyclic) bond motifs is 1. The van der Waals surface area contributed by atoms with Crippen molar-refractivity contribution in [3.8, 4) is 11.5 Å². The first kappa shape index (κ1) is 21.9. The van der Waals surface area contributed by atoms with Gasteiger partial charge in [0.25, 0.3) is 5.91 Å². The number of halogens is 1. The number of hydrogen-bond donors (Lipinski definition) is 2. The molecule has 0 aliphatic rings. The number of rotatable bonds is 7. The van der Waals surface area contributed by atoms with Crippen LogP contribution in [0.3, 0.4) is 0 Å². The van der Waals surface area contributed by atoms with Gasteiger partial charge in [0.15, 0.2) is 0 Å². The van der Waals surface area contributed by atoms with Gasteiger partial charge in [-0.2, -0.15) is 0 Å². The first-order valence-corrected chi connectivity index (χ1v) is 10.7. The van der Waals surface area contributed by atoms with Crippen molar-refractivity contribution in [2.75, 3.05) is 6.61 Å². The fourth-order valence-corrected chi connectivity index (χ4v) is 3.59. The summed E-state index contributed by atoms with van der Waals surface area (Å²) in [6, 6.07) is 22.4. The third-order valence-electron chi connectivity index (χ3n) is 5.06. The molecule has 0 bridgehead atoms. The maximum Gasteiger partial charge on any atom is 0.251 e. The molecular formula is C25H22FN2O3P. The molecule has 7 heteroatoms. The van der Waals surface area contributed by atoms with Crippen LogP contribution in [-0.4, -0.2) is 22.6 Å². The summed E-state index contributed by atoms with van der Waals surface area (Å²) in [5.41, 5.74) is 1.61. The van der Waals surface area contributed by atoms with E-state index in [9.17, 15) is 14.3 Å². The van der Waals surface area contributed by atoms with E-state index in [1.54, 1.807) is 60.8 Å². The summed E-state index contributed by atoms with van der Waals surface area (Å²) in [5.74, 6) is -0.201. The Labute approximate surface area is 187 Å². The number of amides is 1. The van der Waals surface area contributed by atoms with Gasteiger partial charge in [0, 0.05) is 17.1 Å². The summed E-state index contributed by atoms with van der Waals surface area (Å²) in [5, 5.41) is 14.2. The summed E-state index contributed by atoms with van der Waals surface area (Å²) >= 11 is 0. The summed E-state index contributed by atoms with van der Waals surface area (Å²) in [7, 11) is 2.12. The molecule has 3 atom stereocenters. The Kier molecular flexibility index (Phi) is 6.74. The Hall–Kier alpha value is -3.34. The lowest BCUT2D eigenvalue weighted by molar-refractivity contribution is 0.0915. The van der Waals surface area contributed by atoms with Crippen molar-refractivity contribution >= 4 is 25.9 Å². The topological polar surface area (TPSA) is 71.5 Å². The van der Waals surface area contributed by atoms with Gasteiger partial charge < -0.3 is 15.2 Å². The van der Waals surface area contributed by atoms with Gasteiger partial charge in [-0.3, -0.25) is 9.78 Å². The molecular weight excluding hydrogens is 426 g/mol. The van der Waals surface area contributed by atoms with Crippen molar-refractivity contribution in [1.82, 2.24) is 10.3 Å². The molecule has 0 aliphatic carbocycles. The zero-order valence-corrected chi connectivity index (χ0v) is 18.3. The van der Waals surface area contributed by atoms with Crippen LogP contribution in [0.25, 0.3) is 10.8 Å². The normalized spacial score (nSPS) is 12.8. The molecule has 1 aromatic heterocycles. The molecule has 0 aliphatic heterocycles. The standard InChI is InChI=1S/C25H22FN2O3P/c26-24(32)16-7-10-19(11-8-16)31-23-6-3-4-17-14-18(9-12-20(17)23)25(30)28-22(15-29)21-5-1-2-13-27-21/h1-14,22,24,29H,15,32H2,(H,28,30). The molecule has 32 heavy (non-hydrogen) atoms. The molecule has 162 valence electrons. The van der Waals surface area contributed by atoms with E-state index in [0.29, 0.717) is 28.3 Å². The van der Waals surface area contributed by atoms with E-state index in [-0.39, 0.29) is 12.5 Å². The van der Waals surface area contributed by atoms with Crippen LogP contribution in [0.5, 0.6) is 11.5 Å². The number of pyridine rings is 1. The smallest absolute Gasteiger partial charge is 0.251 e. The van der Waals surface area contributed by atoms with E-state index in [4.69, 9.17) is 4.74 Å². The molecule has 2 N–H and O–H groups in total. The third kappa shape index (κ3) is 4.93. The molecule has 0 spiro atoms. The number of carbonyl (C=O) groups is 1. The summed E-state index contributed by atoms with van der Waals surface area (Å²) < 4.78 is 19.4.